The number of rotatable bonds is 1. The molecule has 0 atom stereocenters. The van der Waals surface area contributed by atoms with E-state index in [1.807, 2.05) is 30.3 Å². The number of halogens is 1. The molecule has 4 heteroatoms. The molecule has 19 heavy (non-hydrogen) atoms. The summed E-state index contributed by atoms with van der Waals surface area (Å²) in [5.41, 5.74) is 4.94. The SMILES string of the molecule is CC1(C)c2cc(Cl)ccc2-c2ccc(B(O)O)cc21. The van der Waals surface area contributed by atoms with Crippen LogP contribution in [-0.2, 0) is 5.41 Å². The third kappa shape index (κ3) is 1.81. The van der Waals surface area contributed by atoms with Crippen molar-refractivity contribution in [1.29, 1.82) is 0 Å². The van der Waals surface area contributed by atoms with Gasteiger partial charge in [0.2, 0.25) is 0 Å². The lowest BCUT2D eigenvalue weighted by Gasteiger charge is -2.22. The second kappa shape index (κ2) is 4.10. The Hall–Kier alpha value is -1.29. The van der Waals surface area contributed by atoms with Crippen molar-refractivity contribution in [2.75, 3.05) is 0 Å². The molecule has 0 aromatic heterocycles. The highest BCUT2D eigenvalue weighted by atomic mass is 35.5. The fourth-order valence-corrected chi connectivity index (χ4v) is 3.06. The van der Waals surface area contributed by atoms with E-state index in [1.54, 1.807) is 6.07 Å². The summed E-state index contributed by atoms with van der Waals surface area (Å²) in [4.78, 5) is 0. The van der Waals surface area contributed by atoms with Gasteiger partial charge in [-0.1, -0.05) is 49.7 Å². The highest BCUT2D eigenvalue weighted by Gasteiger charge is 2.36. The molecule has 0 saturated heterocycles. The lowest BCUT2D eigenvalue weighted by atomic mass is 9.75. The Bertz CT molecular complexity index is 665. The molecule has 0 bridgehead atoms. The Kier molecular flexibility index (Phi) is 2.75. The third-order valence-corrected chi connectivity index (χ3v) is 4.20. The maximum Gasteiger partial charge on any atom is 0.488 e. The van der Waals surface area contributed by atoms with Crippen molar-refractivity contribution in [3.63, 3.8) is 0 Å². The topological polar surface area (TPSA) is 40.5 Å². The first-order valence-electron chi connectivity index (χ1n) is 6.22. The minimum absolute atomic E-state index is 0.180. The molecular weight excluding hydrogens is 258 g/mol. The largest absolute Gasteiger partial charge is 0.488 e. The molecule has 2 N–H and O–H groups in total. The smallest absolute Gasteiger partial charge is 0.423 e. The minimum atomic E-state index is -1.44. The summed E-state index contributed by atoms with van der Waals surface area (Å²) in [7, 11) is -1.44. The zero-order valence-electron chi connectivity index (χ0n) is 10.8. The van der Waals surface area contributed by atoms with Crippen LogP contribution in [0.25, 0.3) is 11.1 Å². The second-order valence-corrected chi connectivity index (χ2v) is 5.93. The van der Waals surface area contributed by atoms with E-state index in [1.165, 1.54) is 11.1 Å². The van der Waals surface area contributed by atoms with Crippen LogP contribution in [0.4, 0.5) is 0 Å². The van der Waals surface area contributed by atoms with Gasteiger partial charge in [-0.05, 0) is 39.8 Å². The van der Waals surface area contributed by atoms with Gasteiger partial charge in [-0.25, -0.2) is 0 Å². The normalized spacial score (nSPS) is 15.0. The Morgan fingerprint density at radius 3 is 2.16 bits per heavy atom. The van der Waals surface area contributed by atoms with Crippen LogP contribution in [0.1, 0.15) is 25.0 Å². The zero-order chi connectivity index (χ0) is 13.8. The minimum Gasteiger partial charge on any atom is -0.423 e. The third-order valence-electron chi connectivity index (χ3n) is 3.96. The van der Waals surface area contributed by atoms with E-state index in [2.05, 4.69) is 13.8 Å². The Balaban J connectivity index is 2.28. The first-order chi connectivity index (χ1) is 8.91. The van der Waals surface area contributed by atoms with Gasteiger partial charge < -0.3 is 10.0 Å². The quantitative estimate of drug-likeness (QED) is 0.782. The van der Waals surface area contributed by atoms with Crippen LogP contribution < -0.4 is 5.46 Å². The molecule has 1 aliphatic carbocycles. The fraction of sp³-hybridized carbons (Fsp3) is 0.200. The molecule has 0 unspecified atom stereocenters. The van der Waals surface area contributed by atoms with E-state index in [0.29, 0.717) is 5.46 Å². The van der Waals surface area contributed by atoms with E-state index in [4.69, 9.17) is 11.6 Å². The molecule has 0 saturated carbocycles. The lowest BCUT2D eigenvalue weighted by molar-refractivity contribution is 0.425. The van der Waals surface area contributed by atoms with Crippen LogP contribution in [-0.4, -0.2) is 17.2 Å². The molecule has 0 radical (unpaired) electrons. The van der Waals surface area contributed by atoms with Gasteiger partial charge in [0.15, 0.2) is 0 Å². The van der Waals surface area contributed by atoms with Gasteiger partial charge in [0, 0.05) is 10.4 Å². The fourth-order valence-electron chi connectivity index (χ4n) is 2.89. The zero-order valence-corrected chi connectivity index (χ0v) is 11.6. The summed E-state index contributed by atoms with van der Waals surface area (Å²) in [6, 6.07) is 11.5. The van der Waals surface area contributed by atoms with E-state index in [-0.39, 0.29) is 5.41 Å². The molecule has 96 valence electrons. The predicted octanol–water partition coefficient (Wildman–Crippen LogP) is 2.33. The number of hydrogen-bond acceptors (Lipinski definition) is 2. The Morgan fingerprint density at radius 1 is 0.947 bits per heavy atom. The monoisotopic (exact) mass is 272 g/mol. The van der Waals surface area contributed by atoms with Crippen molar-refractivity contribution in [3.05, 3.63) is 52.5 Å². The Labute approximate surface area is 117 Å². The van der Waals surface area contributed by atoms with Gasteiger partial charge >= 0.3 is 7.12 Å². The summed E-state index contributed by atoms with van der Waals surface area (Å²) < 4.78 is 0. The van der Waals surface area contributed by atoms with Crippen LogP contribution in [0.3, 0.4) is 0 Å². The molecule has 2 aromatic carbocycles. The van der Waals surface area contributed by atoms with E-state index in [0.717, 1.165) is 16.1 Å². The average Bonchev–Trinajstić information content (AvgIpc) is 2.58. The average molecular weight is 273 g/mol. The van der Waals surface area contributed by atoms with Crippen molar-refractivity contribution < 1.29 is 10.0 Å². The van der Waals surface area contributed by atoms with Crippen molar-refractivity contribution in [2.24, 2.45) is 0 Å². The first kappa shape index (κ1) is 12.7. The van der Waals surface area contributed by atoms with E-state index >= 15 is 0 Å². The molecule has 2 aromatic rings. The number of fused-ring (bicyclic) bond motifs is 3. The standard InChI is InChI=1S/C15H14BClO2/c1-15(2)13-7-9(16(18)19)3-5-11(13)12-6-4-10(17)8-14(12)15/h3-8,18-19H,1-2H3. The van der Waals surface area contributed by atoms with E-state index < -0.39 is 7.12 Å². The highest BCUT2D eigenvalue weighted by molar-refractivity contribution is 6.58. The van der Waals surface area contributed by atoms with Gasteiger partial charge in [-0.15, -0.1) is 0 Å². The van der Waals surface area contributed by atoms with E-state index in [9.17, 15) is 10.0 Å². The summed E-state index contributed by atoms with van der Waals surface area (Å²) in [5, 5.41) is 19.4. The molecule has 2 nitrogen and oxygen atoms in total. The number of hydrogen-bond donors (Lipinski definition) is 2. The molecule has 0 fully saturated rings. The van der Waals surface area contributed by atoms with Crippen LogP contribution in [0.5, 0.6) is 0 Å². The highest BCUT2D eigenvalue weighted by Crippen LogP contribution is 2.48. The molecule has 1 aliphatic rings. The summed E-state index contributed by atoms with van der Waals surface area (Å²) in [5.74, 6) is 0. The predicted molar refractivity (Wildman–Crippen MR) is 78.8 cm³/mol. The van der Waals surface area contributed by atoms with Crippen LogP contribution in [0.2, 0.25) is 5.02 Å². The maximum atomic E-state index is 9.32. The summed E-state index contributed by atoms with van der Waals surface area (Å²) in [6.45, 7) is 4.25. The van der Waals surface area contributed by atoms with Crippen molar-refractivity contribution in [2.45, 2.75) is 19.3 Å². The molecule has 0 aliphatic heterocycles. The van der Waals surface area contributed by atoms with Crippen molar-refractivity contribution >= 4 is 24.2 Å². The van der Waals surface area contributed by atoms with Gasteiger partial charge in [0.25, 0.3) is 0 Å². The van der Waals surface area contributed by atoms with Gasteiger partial charge in [0.1, 0.15) is 0 Å². The Morgan fingerprint density at radius 2 is 1.53 bits per heavy atom. The molecule has 3 rings (SSSR count). The molecule has 0 amide bonds. The van der Waals surface area contributed by atoms with Crippen molar-refractivity contribution in [3.8, 4) is 11.1 Å². The van der Waals surface area contributed by atoms with Crippen LogP contribution in [0, 0.1) is 0 Å². The number of benzene rings is 2. The second-order valence-electron chi connectivity index (χ2n) is 5.49. The molecular formula is C15H14BClO2. The van der Waals surface area contributed by atoms with Crippen LogP contribution >= 0.6 is 11.6 Å². The summed E-state index contributed by atoms with van der Waals surface area (Å²) in [6.07, 6.45) is 0. The maximum absolute atomic E-state index is 9.32. The molecule has 0 spiro atoms. The van der Waals surface area contributed by atoms with Gasteiger partial charge in [-0.3, -0.25) is 0 Å². The van der Waals surface area contributed by atoms with Crippen LogP contribution in [0.15, 0.2) is 36.4 Å². The summed E-state index contributed by atoms with van der Waals surface area (Å²) >= 11 is 6.10. The molecule has 0 heterocycles. The van der Waals surface area contributed by atoms with Gasteiger partial charge in [0.05, 0.1) is 0 Å². The van der Waals surface area contributed by atoms with Gasteiger partial charge in [-0.2, -0.15) is 0 Å². The van der Waals surface area contributed by atoms with Crippen molar-refractivity contribution in [1.82, 2.24) is 0 Å². The lowest BCUT2D eigenvalue weighted by Crippen LogP contribution is -2.31. The first-order valence-corrected chi connectivity index (χ1v) is 6.60.